The minimum absolute atomic E-state index is 0.0743. The third-order valence-electron chi connectivity index (χ3n) is 1.86. The van der Waals surface area contributed by atoms with Crippen molar-refractivity contribution >= 4 is 5.78 Å². The first-order valence-corrected chi connectivity index (χ1v) is 4.49. The van der Waals surface area contributed by atoms with Crippen LogP contribution < -0.4 is 0 Å². The molecule has 3 atom stereocenters. The molecule has 0 saturated heterocycles. The number of aliphatic hydroxyl groups excluding tert-OH is 3. The maximum absolute atomic E-state index is 11.1. The first kappa shape index (κ1) is 14.3. The molecule has 0 aromatic carbocycles. The normalized spacial score (nSPS) is 15.4. The van der Waals surface area contributed by atoms with Crippen molar-refractivity contribution < 1.29 is 20.1 Å². The molecule has 0 unspecified atom stereocenters. The topological polar surface area (TPSA) is 150 Å². The van der Waals surface area contributed by atoms with Crippen LogP contribution in [0.25, 0.3) is 10.4 Å². The molecule has 3 N–H and O–H groups in total. The fraction of sp³-hybridized carbons (Fsp3) is 0.750. The molecule has 0 aliphatic heterocycles. The molecule has 0 heterocycles. The Hall–Kier alpha value is -1.65. The van der Waals surface area contributed by atoms with Gasteiger partial charge in [0.1, 0.15) is 12.2 Å². The Morgan fingerprint density at radius 2 is 2.12 bits per heavy atom. The maximum Gasteiger partial charge on any atom is 0.165 e. The smallest absolute Gasteiger partial charge is 0.165 e. The van der Waals surface area contributed by atoms with Crippen molar-refractivity contribution in [3.63, 3.8) is 0 Å². The predicted molar refractivity (Wildman–Crippen MR) is 51.9 cm³/mol. The van der Waals surface area contributed by atoms with Crippen LogP contribution in [-0.2, 0) is 4.79 Å². The number of nitriles is 1. The van der Waals surface area contributed by atoms with Crippen molar-refractivity contribution in [2.24, 2.45) is 5.11 Å². The second-order valence-corrected chi connectivity index (χ2v) is 3.04. The largest absolute Gasteiger partial charge is 0.390 e. The Bertz CT molecular complexity index is 320. The van der Waals surface area contributed by atoms with E-state index in [0.29, 0.717) is 0 Å². The van der Waals surface area contributed by atoms with Crippen LogP contribution in [0.1, 0.15) is 12.8 Å². The van der Waals surface area contributed by atoms with Crippen molar-refractivity contribution in [2.75, 3.05) is 6.54 Å². The van der Waals surface area contributed by atoms with Crippen LogP contribution >= 0.6 is 0 Å². The lowest BCUT2D eigenvalue weighted by Crippen LogP contribution is -2.43. The van der Waals surface area contributed by atoms with Gasteiger partial charge in [-0.25, -0.2) is 0 Å². The van der Waals surface area contributed by atoms with Gasteiger partial charge in [0.05, 0.1) is 18.7 Å². The van der Waals surface area contributed by atoms with E-state index in [2.05, 4.69) is 10.0 Å². The second-order valence-electron chi connectivity index (χ2n) is 3.04. The van der Waals surface area contributed by atoms with Crippen LogP contribution in [0.4, 0.5) is 0 Å². The summed E-state index contributed by atoms with van der Waals surface area (Å²) in [6.07, 6.45) is -5.30. The third-order valence-corrected chi connectivity index (χ3v) is 1.86. The summed E-state index contributed by atoms with van der Waals surface area (Å²) in [6.45, 7) is -0.444. The molecule has 8 heteroatoms. The van der Waals surface area contributed by atoms with Crippen LogP contribution in [0, 0.1) is 11.3 Å². The summed E-state index contributed by atoms with van der Waals surface area (Å²) in [5.41, 5.74) is 7.96. The first-order chi connectivity index (χ1) is 7.54. The molecular weight excluding hydrogens is 216 g/mol. The maximum atomic E-state index is 11.1. The van der Waals surface area contributed by atoms with E-state index in [1.165, 1.54) is 0 Å². The summed E-state index contributed by atoms with van der Waals surface area (Å²) in [6, 6.07) is 1.71. The molecule has 16 heavy (non-hydrogen) atoms. The standard InChI is InChI=1S/C8H12N4O4/c9-3-1-2-5(13)7(15)8(16)6(14)4-11-12-10/h6-8,14-16H,1-2,4H2/t6-,7+,8-/m0/s1. The molecule has 0 fully saturated rings. The lowest BCUT2D eigenvalue weighted by Gasteiger charge is -2.20. The average Bonchev–Trinajstić information content (AvgIpc) is 2.30. The number of hydrogen-bond acceptors (Lipinski definition) is 6. The molecule has 0 rings (SSSR count). The highest BCUT2D eigenvalue weighted by molar-refractivity contribution is 5.83. The molecule has 0 saturated carbocycles. The highest BCUT2D eigenvalue weighted by Gasteiger charge is 2.29. The molecule has 0 amide bonds. The lowest BCUT2D eigenvalue weighted by molar-refractivity contribution is -0.137. The fourth-order valence-corrected chi connectivity index (χ4v) is 0.956. The van der Waals surface area contributed by atoms with Gasteiger partial charge in [-0.05, 0) is 5.53 Å². The number of hydrogen-bond donors (Lipinski definition) is 3. The van der Waals surface area contributed by atoms with E-state index in [0.717, 1.165) is 0 Å². The summed E-state index contributed by atoms with van der Waals surface area (Å²) >= 11 is 0. The Kier molecular flexibility index (Phi) is 6.83. The van der Waals surface area contributed by atoms with Crippen molar-refractivity contribution in [3.8, 4) is 6.07 Å². The van der Waals surface area contributed by atoms with Crippen LogP contribution in [0.15, 0.2) is 5.11 Å². The molecule has 0 bridgehead atoms. The van der Waals surface area contributed by atoms with E-state index < -0.39 is 30.6 Å². The Morgan fingerprint density at radius 3 is 2.62 bits per heavy atom. The molecule has 0 aromatic rings. The molecule has 0 radical (unpaired) electrons. The molecule has 0 aliphatic rings. The minimum atomic E-state index is -1.78. The number of nitrogens with zero attached hydrogens (tertiary/aromatic N) is 4. The summed E-state index contributed by atoms with van der Waals surface area (Å²) < 4.78 is 0. The van der Waals surface area contributed by atoms with E-state index in [1.807, 2.05) is 0 Å². The van der Waals surface area contributed by atoms with Crippen molar-refractivity contribution in [3.05, 3.63) is 10.4 Å². The minimum Gasteiger partial charge on any atom is -0.390 e. The number of azide groups is 1. The zero-order valence-corrected chi connectivity index (χ0v) is 8.39. The number of carbonyl (C=O) groups excluding carboxylic acids is 1. The third kappa shape index (κ3) is 4.72. The Balaban J connectivity index is 4.25. The van der Waals surface area contributed by atoms with Gasteiger partial charge in [-0.1, -0.05) is 5.11 Å². The van der Waals surface area contributed by atoms with Gasteiger partial charge in [0.2, 0.25) is 0 Å². The fourth-order valence-electron chi connectivity index (χ4n) is 0.956. The number of aliphatic hydroxyl groups is 3. The SMILES string of the molecule is N#CCCC(=O)[C@@H](O)[C@@H](O)[C@@H](O)CN=[N+]=[N-]. The number of Topliss-reactive ketones (excluding diaryl/α,β-unsaturated/α-hetero) is 1. The monoisotopic (exact) mass is 228 g/mol. The molecule has 0 spiro atoms. The molecule has 0 aliphatic carbocycles. The van der Waals surface area contributed by atoms with Gasteiger partial charge in [-0.15, -0.1) is 0 Å². The van der Waals surface area contributed by atoms with Crippen LogP contribution in [0.3, 0.4) is 0 Å². The Morgan fingerprint density at radius 1 is 1.50 bits per heavy atom. The zero-order chi connectivity index (χ0) is 12.6. The lowest BCUT2D eigenvalue weighted by atomic mass is 10.0. The summed E-state index contributed by atoms with van der Waals surface area (Å²) in [5, 5.41) is 39.0. The van der Waals surface area contributed by atoms with E-state index in [4.69, 9.17) is 10.8 Å². The van der Waals surface area contributed by atoms with Gasteiger partial charge in [0.15, 0.2) is 5.78 Å². The highest BCUT2D eigenvalue weighted by Crippen LogP contribution is 2.05. The van der Waals surface area contributed by atoms with E-state index in [1.54, 1.807) is 6.07 Å². The van der Waals surface area contributed by atoms with Gasteiger partial charge in [-0.3, -0.25) is 4.79 Å². The van der Waals surface area contributed by atoms with Gasteiger partial charge < -0.3 is 15.3 Å². The quantitative estimate of drug-likeness (QED) is 0.297. The summed E-state index contributed by atoms with van der Waals surface area (Å²) in [4.78, 5) is 13.5. The van der Waals surface area contributed by atoms with Crippen LogP contribution in [0.2, 0.25) is 0 Å². The molecule has 8 nitrogen and oxygen atoms in total. The van der Waals surface area contributed by atoms with Gasteiger partial charge >= 0.3 is 0 Å². The van der Waals surface area contributed by atoms with E-state index in [9.17, 15) is 20.1 Å². The zero-order valence-electron chi connectivity index (χ0n) is 8.39. The predicted octanol–water partition coefficient (Wildman–Crippen LogP) is -0.748. The summed E-state index contributed by atoms with van der Waals surface area (Å²) in [5.74, 6) is -0.742. The average molecular weight is 228 g/mol. The van der Waals surface area contributed by atoms with Gasteiger partial charge in [0, 0.05) is 17.8 Å². The van der Waals surface area contributed by atoms with Gasteiger partial charge in [0.25, 0.3) is 0 Å². The summed E-state index contributed by atoms with van der Waals surface area (Å²) in [7, 11) is 0. The molecular formula is C8H12N4O4. The Labute approximate surface area is 91.4 Å². The van der Waals surface area contributed by atoms with Crippen LogP contribution in [-0.4, -0.2) is 46.0 Å². The number of carbonyl (C=O) groups is 1. The van der Waals surface area contributed by atoms with Crippen molar-refractivity contribution in [1.29, 1.82) is 5.26 Å². The van der Waals surface area contributed by atoms with Gasteiger partial charge in [-0.2, -0.15) is 5.26 Å². The number of ketones is 1. The number of rotatable bonds is 7. The van der Waals surface area contributed by atoms with E-state index in [-0.39, 0.29) is 12.8 Å². The second kappa shape index (κ2) is 7.62. The molecule has 0 aromatic heterocycles. The van der Waals surface area contributed by atoms with E-state index >= 15 is 0 Å². The first-order valence-electron chi connectivity index (χ1n) is 4.49. The molecule has 88 valence electrons. The van der Waals surface area contributed by atoms with Crippen molar-refractivity contribution in [1.82, 2.24) is 0 Å². The highest BCUT2D eigenvalue weighted by atomic mass is 16.4. The van der Waals surface area contributed by atoms with Crippen LogP contribution in [0.5, 0.6) is 0 Å². The van der Waals surface area contributed by atoms with Crippen molar-refractivity contribution in [2.45, 2.75) is 31.2 Å².